The second kappa shape index (κ2) is 4.05. The third kappa shape index (κ3) is 1.60. The summed E-state index contributed by atoms with van der Waals surface area (Å²) in [5, 5.41) is 10.9. The summed E-state index contributed by atoms with van der Waals surface area (Å²) < 4.78 is 0. The quantitative estimate of drug-likeness (QED) is 0.674. The molecule has 2 aromatic rings. The van der Waals surface area contributed by atoms with Crippen LogP contribution in [0.5, 0.6) is 0 Å². The van der Waals surface area contributed by atoms with Gasteiger partial charge in [0.15, 0.2) is 0 Å². The van der Waals surface area contributed by atoms with E-state index in [1.165, 1.54) is 30.0 Å². The predicted octanol–water partition coefficient (Wildman–Crippen LogP) is 3.45. The highest BCUT2D eigenvalue weighted by molar-refractivity contribution is 5.84. The highest BCUT2D eigenvalue weighted by Crippen LogP contribution is 2.30. The second-order valence-corrected chi connectivity index (χ2v) is 4.28. The molecule has 1 atom stereocenters. The molecule has 0 bridgehead atoms. The van der Waals surface area contributed by atoms with Crippen LogP contribution in [-0.2, 0) is 0 Å². The van der Waals surface area contributed by atoms with Crippen molar-refractivity contribution < 1.29 is 0 Å². The van der Waals surface area contributed by atoms with E-state index in [0.717, 1.165) is 5.69 Å². The fourth-order valence-corrected chi connectivity index (χ4v) is 2.36. The van der Waals surface area contributed by atoms with E-state index in [2.05, 4.69) is 40.5 Å². The van der Waals surface area contributed by atoms with Crippen LogP contribution in [0.1, 0.15) is 30.9 Å². The molecule has 0 saturated carbocycles. The Morgan fingerprint density at radius 1 is 1.19 bits per heavy atom. The van der Waals surface area contributed by atoms with Gasteiger partial charge in [0.1, 0.15) is 0 Å². The lowest BCUT2D eigenvalue weighted by Gasteiger charge is -2.16. The molecule has 80 valence electrons. The average molecular weight is 210 g/mol. The Kier molecular flexibility index (Phi) is 2.41. The van der Waals surface area contributed by atoms with E-state index in [4.69, 9.17) is 0 Å². The van der Waals surface area contributed by atoms with Crippen molar-refractivity contribution in [2.45, 2.75) is 25.2 Å². The SMILES string of the molecule is C1=CC(c2nncc3ccccc23)CCC1. The van der Waals surface area contributed by atoms with Crippen LogP contribution in [0.4, 0.5) is 0 Å². The van der Waals surface area contributed by atoms with E-state index in [-0.39, 0.29) is 0 Å². The number of hydrogen-bond donors (Lipinski definition) is 0. The van der Waals surface area contributed by atoms with Crippen LogP contribution in [0, 0.1) is 0 Å². The minimum Gasteiger partial charge on any atom is -0.158 e. The van der Waals surface area contributed by atoms with Crippen LogP contribution >= 0.6 is 0 Å². The normalized spacial score (nSPS) is 20.1. The lowest BCUT2D eigenvalue weighted by molar-refractivity contribution is 0.638. The van der Waals surface area contributed by atoms with Gasteiger partial charge in [-0.25, -0.2) is 0 Å². The fourth-order valence-electron chi connectivity index (χ4n) is 2.36. The van der Waals surface area contributed by atoms with Gasteiger partial charge in [0.25, 0.3) is 0 Å². The Balaban J connectivity index is 2.15. The molecule has 0 saturated heterocycles. The molecular formula is C14H14N2. The molecule has 0 fully saturated rings. The lowest BCUT2D eigenvalue weighted by atomic mass is 9.90. The van der Waals surface area contributed by atoms with E-state index < -0.39 is 0 Å². The summed E-state index contributed by atoms with van der Waals surface area (Å²) >= 11 is 0. The molecule has 3 rings (SSSR count). The number of aromatic nitrogens is 2. The molecule has 0 N–H and O–H groups in total. The standard InChI is InChI=1S/C14H14N2/c1-2-6-11(7-3-1)14-13-9-5-4-8-12(13)10-15-16-14/h2,4-6,8-11H,1,3,7H2. The van der Waals surface area contributed by atoms with Gasteiger partial charge in [-0.05, 0) is 19.3 Å². The van der Waals surface area contributed by atoms with Gasteiger partial charge < -0.3 is 0 Å². The van der Waals surface area contributed by atoms with Gasteiger partial charge >= 0.3 is 0 Å². The van der Waals surface area contributed by atoms with Crippen molar-refractivity contribution in [1.82, 2.24) is 10.2 Å². The minimum absolute atomic E-state index is 0.451. The average Bonchev–Trinajstić information content (AvgIpc) is 2.39. The molecule has 2 nitrogen and oxygen atoms in total. The van der Waals surface area contributed by atoms with Crippen molar-refractivity contribution in [3.8, 4) is 0 Å². The summed E-state index contributed by atoms with van der Waals surface area (Å²) in [4.78, 5) is 0. The van der Waals surface area contributed by atoms with Gasteiger partial charge in [0.2, 0.25) is 0 Å². The molecule has 16 heavy (non-hydrogen) atoms. The lowest BCUT2D eigenvalue weighted by Crippen LogP contribution is -2.04. The zero-order chi connectivity index (χ0) is 10.8. The molecule has 2 heteroatoms. The first-order valence-electron chi connectivity index (χ1n) is 5.82. The molecule has 1 aliphatic rings. The van der Waals surface area contributed by atoms with E-state index in [9.17, 15) is 0 Å². The predicted molar refractivity (Wildman–Crippen MR) is 65.3 cm³/mol. The topological polar surface area (TPSA) is 25.8 Å². The van der Waals surface area contributed by atoms with Gasteiger partial charge in [-0.3, -0.25) is 0 Å². The Labute approximate surface area is 95.0 Å². The minimum atomic E-state index is 0.451. The molecule has 1 aromatic heterocycles. The van der Waals surface area contributed by atoms with E-state index in [1.54, 1.807) is 0 Å². The second-order valence-electron chi connectivity index (χ2n) is 4.28. The van der Waals surface area contributed by atoms with Gasteiger partial charge in [-0.2, -0.15) is 10.2 Å². The third-order valence-electron chi connectivity index (χ3n) is 3.20. The van der Waals surface area contributed by atoms with Crippen LogP contribution in [0.2, 0.25) is 0 Å². The molecule has 0 aliphatic heterocycles. The van der Waals surface area contributed by atoms with E-state index in [0.29, 0.717) is 5.92 Å². The van der Waals surface area contributed by atoms with Crippen LogP contribution in [0.15, 0.2) is 42.6 Å². The number of rotatable bonds is 1. The smallest absolute Gasteiger partial charge is 0.0777 e. The highest BCUT2D eigenvalue weighted by atomic mass is 15.1. The van der Waals surface area contributed by atoms with Crippen molar-refractivity contribution in [2.24, 2.45) is 0 Å². The Morgan fingerprint density at radius 3 is 3.00 bits per heavy atom. The molecule has 0 spiro atoms. The summed E-state index contributed by atoms with van der Waals surface area (Å²) in [6, 6.07) is 8.35. The monoisotopic (exact) mass is 210 g/mol. The number of hydrogen-bond acceptors (Lipinski definition) is 2. The van der Waals surface area contributed by atoms with Crippen molar-refractivity contribution in [3.05, 3.63) is 48.3 Å². The maximum atomic E-state index is 4.33. The van der Waals surface area contributed by atoms with E-state index in [1.807, 2.05) is 12.3 Å². The number of fused-ring (bicyclic) bond motifs is 1. The molecule has 1 aliphatic carbocycles. The summed E-state index contributed by atoms with van der Waals surface area (Å²) in [7, 11) is 0. The fraction of sp³-hybridized carbons (Fsp3) is 0.286. The van der Waals surface area contributed by atoms with Gasteiger partial charge in [-0.1, -0.05) is 36.4 Å². The highest BCUT2D eigenvalue weighted by Gasteiger charge is 2.15. The van der Waals surface area contributed by atoms with Gasteiger partial charge in [0.05, 0.1) is 11.9 Å². The van der Waals surface area contributed by atoms with Crippen molar-refractivity contribution in [1.29, 1.82) is 0 Å². The third-order valence-corrected chi connectivity index (χ3v) is 3.20. The molecule has 0 radical (unpaired) electrons. The van der Waals surface area contributed by atoms with Crippen LogP contribution in [0.3, 0.4) is 0 Å². The number of benzene rings is 1. The van der Waals surface area contributed by atoms with E-state index >= 15 is 0 Å². The molecule has 0 amide bonds. The zero-order valence-electron chi connectivity index (χ0n) is 9.13. The first kappa shape index (κ1) is 9.52. The number of allylic oxidation sites excluding steroid dienone is 2. The van der Waals surface area contributed by atoms with Crippen LogP contribution < -0.4 is 0 Å². The van der Waals surface area contributed by atoms with Crippen LogP contribution in [0.25, 0.3) is 10.8 Å². The first-order valence-corrected chi connectivity index (χ1v) is 5.82. The largest absolute Gasteiger partial charge is 0.158 e. The zero-order valence-corrected chi connectivity index (χ0v) is 9.13. The Hall–Kier alpha value is -1.70. The Morgan fingerprint density at radius 2 is 2.12 bits per heavy atom. The summed E-state index contributed by atoms with van der Waals surface area (Å²) in [6.45, 7) is 0. The van der Waals surface area contributed by atoms with Crippen molar-refractivity contribution in [2.75, 3.05) is 0 Å². The summed E-state index contributed by atoms with van der Waals surface area (Å²) in [5.41, 5.74) is 1.13. The maximum absolute atomic E-state index is 4.33. The summed E-state index contributed by atoms with van der Waals surface area (Å²) in [6.07, 6.45) is 10.0. The van der Waals surface area contributed by atoms with Gasteiger partial charge in [0, 0.05) is 16.7 Å². The van der Waals surface area contributed by atoms with Gasteiger partial charge in [-0.15, -0.1) is 0 Å². The molecule has 1 aromatic carbocycles. The number of nitrogens with zero attached hydrogens (tertiary/aromatic N) is 2. The van der Waals surface area contributed by atoms with Crippen molar-refractivity contribution >= 4 is 10.8 Å². The van der Waals surface area contributed by atoms with Crippen LogP contribution in [-0.4, -0.2) is 10.2 Å². The molecule has 1 unspecified atom stereocenters. The van der Waals surface area contributed by atoms with Crippen molar-refractivity contribution in [3.63, 3.8) is 0 Å². The Bertz CT molecular complexity index is 526. The maximum Gasteiger partial charge on any atom is 0.0777 e. The summed E-state index contributed by atoms with van der Waals surface area (Å²) in [5.74, 6) is 0.451. The molecule has 1 heterocycles. The molecular weight excluding hydrogens is 196 g/mol. The first-order chi connectivity index (χ1) is 7.95.